The Morgan fingerprint density at radius 1 is 1.29 bits per heavy atom. The van der Waals surface area contributed by atoms with Crippen molar-refractivity contribution in [3.05, 3.63) is 23.2 Å². The van der Waals surface area contributed by atoms with E-state index in [1.807, 2.05) is 16.3 Å². The fourth-order valence-corrected chi connectivity index (χ4v) is 2.70. The lowest BCUT2D eigenvalue weighted by Gasteiger charge is -2.04. The van der Waals surface area contributed by atoms with Crippen LogP contribution < -0.4 is 0 Å². The highest BCUT2D eigenvalue weighted by Gasteiger charge is 2.20. The number of halogens is 1. The molecule has 3 aromatic heterocycles. The summed E-state index contributed by atoms with van der Waals surface area (Å²) in [4.78, 5) is 8.87. The Balaban J connectivity index is 2.11. The fourth-order valence-electron chi connectivity index (χ4n) is 2.50. The Kier molecular flexibility index (Phi) is 3.67. The molecule has 0 aliphatic heterocycles. The zero-order valence-corrected chi connectivity index (χ0v) is 13.1. The quantitative estimate of drug-likeness (QED) is 0.675. The zero-order chi connectivity index (χ0) is 15.0. The molecule has 0 amide bonds. The molecule has 3 heterocycles. The molecule has 0 N–H and O–H groups in total. The highest BCUT2D eigenvalue weighted by Crippen LogP contribution is 2.22. The average molecular weight is 309 g/mol. The summed E-state index contributed by atoms with van der Waals surface area (Å²) < 4.78 is 9.03. The molecule has 0 unspecified atom stereocenters. The van der Waals surface area contributed by atoms with Gasteiger partial charge in [0, 0.05) is 7.05 Å². The molecule has 0 spiro atoms. The van der Waals surface area contributed by atoms with E-state index in [9.17, 15) is 0 Å². The predicted octanol–water partition coefficient (Wildman–Crippen LogP) is 2.20. The number of imidazole rings is 1. The number of nitrogens with zero attached hydrogens (tertiary/aromatic N) is 6. The van der Waals surface area contributed by atoms with Gasteiger partial charge in [-0.05, 0) is 13.3 Å². The van der Waals surface area contributed by atoms with Crippen molar-refractivity contribution in [2.75, 3.05) is 0 Å². The standard InChI is InChI=1S/C13H17ClN6O/c1-4-5-9-12-13(19(3)17-9)20(10(6-14)16-12)7-11-15-8(2)18-21-11/h4-7H2,1-3H3. The van der Waals surface area contributed by atoms with Crippen LogP contribution in [-0.2, 0) is 25.9 Å². The number of hydrogen-bond acceptors (Lipinski definition) is 5. The number of fused-ring (bicyclic) bond motifs is 1. The molecule has 3 rings (SSSR count). The molecule has 21 heavy (non-hydrogen) atoms. The number of hydrogen-bond donors (Lipinski definition) is 0. The van der Waals surface area contributed by atoms with Crippen LogP contribution in [-0.4, -0.2) is 29.5 Å². The lowest BCUT2D eigenvalue weighted by molar-refractivity contribution is 0.367. The van der Waals surface area contributed by atoms with Crippen molar-refractivity contribution in [1.29, 1.82) is 0 Å². The topological polar surface area (TPSA) is 74.6 Å². The van der Waals surface area contributed by atoms with E-state index in [2.05, 4.69) is 27.1 Å². The third-order valence-corrected chi connectivity index (χ3v) is 3.58. The Morgan fingerprint density at radius 2 is 2.10 bits per heavy atom. The van der Waals surface area contributed by atoms with Crippen LogP contribution in [0.4, 0.5) is 0 Å². The van der Waals surface area contributed by atoms with Crippen molar-refractivity contribution in [2.45, 2.75) is 39.1 Å². The minimum atomic E-state index is 0.327. The molecule has 0 radical (unpaired) electrons. The first-order valence-electron chi connectivity index (χ1n) is 6.90. The van der Waals surface area contributed by atoms with Gasteiger partial charge in [-0.15, -0.1) is 11.6 Å². The van der Waals surface area contributed by atoms with Gasteiger partial charge < -0.3 is 9.09 Å². The third-order valence-electron chi connectivity index (χ3n) is 3.34. The molecule has 0 aromatic carbocycles. The summed E-state index contributed by atoms with van der Waals surface area (Å²) in [5.41, 5.74) is 2.85. The number of alkyl halides is 1. The second-order valence-corrected chi connectivity index (χ2v) is 5.24. The van der Waals surface area contributed by atoms with Crippen LogP contribution in [0.25, 0.3) is 11.2 Å². The molecule has 0 bridgehead atoms. The van der Waals surface area contributed by atoms with Crippen LogP contribution in [0.15, 0.2) is 4.52 Å². The van der Waals surface area contributed by atoms with Crippen LogP contribution in [0, 0.1) is 6.92 Å². The maximum Gasteiger partial charge on any atom is 0.246 e. The lowest BCUT2D eigenvalue weighted by atomic mass is 10.2. The van der Waals surface area contributed by atoms with Crippen molar-refractivity contribution in [3.8, 4) is 0 Å². The normalized spacial score (nSPS) is 11.6. The highest BCUT2D eigenvalue weighted by atomic mass is 35.5. The van der Waals surface area contributed by atoms with Gasteiger partial charge in [0.05, 0.1) is 11.6 Å². The third kappa shape index (κ3) is 2.42. The van der Waals surface area contributed by atoms with E-state index in [1.54, 1.807) is 6.92 Å². The van der Waals surface area contributed by atoms with E-state index in [-0.39, 0.29) is 0 Å². The predicted molar refractivity (Wildman–Crippen MR) is 78.2 cm³/mol. The minimum absolute atomic E-state index is 0.327. The van der Waals surface area contributed by atoms with Gasteiger partial charge in [-0.2, -0.15) is 10.1 Å². The first-order valence-corrected chi connectivity index (χ1v) is 7.43. The van der Waals surface area contributed by atoms with Gasteiger partial charge in [-0.25, -0.2) is 4.98 Å². The summed E-state index contributed by atoms with van der Waals surface area (Å²) in [6.45, 7) is 4.37. The van der Waals surface area contributed by atoms with E-state index in [0.717, 1.165) is 35.5 Å². The first-order chi connectivity index (χ1) is 10.1. The summed E-state index contributed by atoms with van der Waals surface area (Å²) in [5.74, 6) is 2.27. The van der Waals surface area contributed by atoms with Gasteiger partial charge in [0.2, 0.25) is 5.89 Å². The molecular weight excluding hydrogens is 292 g/mol. The van der Waals surface area contributed by atoms with Crippen molar-refractivity contribution in [1.82, 2.24) is 29.5 Å². The van der Waals surface area contributed by atoms with Crippen LogP contribution in [0.1, 0.15) is 36.6 Å². The zero-order valence-electron chi connectivity index (χ0n) is 12.3. The second-order valence-electron chi connectivity index (χ2n) is 4.98. The SMILES string of the molecule is CCCc1nn(C)c2c1nc(CCl)n2Cc1nc(C)no1. The molecule has 7 nitrogen and oxygen atoms in total. The Bertz CT molecular complexity index is 771. The molecule has 3 aromatic rings. The molecule has 0 aliphatic rings. The van der Waals surface area contributed by atoms with Gasteiger partial charge in [0.1, 0.15) is 17.9 Å². The maximum absolute atomic E-state index is 6.03. The average Bonchev–Trinajstić information content (AvgIpc) is 3.09. The highest BCUT2D eigenvalue weighted by molar-refractivity contribution is 6.16. The van der Waals surface area contributed by atoms with Crippen molar-refractivity contribution in [3.63, 3.8) is 0 Å². The fraction of sp³-hybridized carbons (Fsp3) is 0.538. The summed E-state index contributed by atoms with van der Waals surface area (Å²) in [7, 11) is 1.91. The number of aryl methyl sites for hydroxylation is 3. The summed E-state index contributed by atoms with van der Waals surface area (Å²) in [6.07, 6.45) is 1.92. The van der Waals surface area contributed by atoms with Gasteiger partial charge in [-0.3, -0.25) is 4.68 Å². The molecule has 0 atom stereocenters. The molecule has 0 fully saturated rings. The Morgan fingerprint density at radius 3 is 2.71 bits per heavy atom. The lowest BCUT2D eigenvalue weighted by Crippen LogP contribution is -2.08. The van der Waals surface area contributed by atoms with Crippen LogP contribution in [0.5, 0.6) is 0 Å². The summed E-state index contributed by atoms with van der Waals surface area (Å²) >= 11 is 6.03. The monoisotopic (exact) mass is 308 g/mol. The van der Waals surface area contributed by atoms with Gasteiger partial charge in [0.25, 0.3) is 0 Å². The maximum atomic E-state index is 6.03. The molecule has 0 aliphatic carbocycles. The molecule has 8 heteroatoms. The van der Waals surface area contributed by atoms with Gasteiger partial charge >= 0.3 is 0 Å². The Hall–Kier alpha value is -1.89. The summed E-state index contributed by atoms with van der Waals surface area (Å²) in [6, 6.07) is 0. The van der Waals surface area contributed by atoms with Crippen molar-refractivity contribution >= 4 is 22.8 Å². The van der Waals surface area contributed by atoms with Gasteiger partial charge in [0.15, 0.2) is 11.5 Å². The van der Waals surface area contributed by atoms with Crippen molar-refractivity contribution in [2.24, 2.45) is 7.05 Å². The van der Waals surface area contributed by atoms with E-state index >= 15 is 0 Å². The van der Waals surface area contributed by atoms with E-state index in [4.69, 9.17) is 16.1 Å². The second kappa shape index (κ2) is 5.48. The molecule has 112 valence electrons. The van der Waals surface area contributed by atoms with Crippen molar-refractivity contribution < 1.29 is 4.52 Å². The summed E-state index contributed by atoms with van der Waals surface area (Å²) in [5, 5.41) is 8.36. The minimum Gasteiger partial charge on any atom is -0.337 e. The van der Waals surface area contributed by atoms with Gasteiger partial charge in [-0.1, -0.05) is 18.5 Å². The largest absolute Gasteiger partial charge is 0.337 e. The van der Waals surface area contributed by atoms with E-state index in [1.165, 1.54) is 0 Å². The first kappa shape index (κ1) is 14.1. The van der Waals surface area contributed by atoms with Crippen LogP contribution in [0.3, 0.4) is 0 Å². The van der Waals surface area contributed by atoms with E-state index in [0.29, 0.717) is 24.1 Å². The smallest absolute Gasteiger partial charge is 0.246 e. The van der Waals surface area contributed by atoms with Crippen LogP contribution >= 0.6 is 11.6 Å². The molecular formula is C13H17ClN6O. The molecule has 0 saturated carbocycles. The van der Waals surface area contributed by atoms with Crippen LogP contribution in [0.2, 0.25) is 0 Å². The number of rotatable bonds is 5. The number of aromatic nitrogens is 6. The van der Waals surface area contributed by atoms with E-state index < -0.39 is 0 Å². The molecule has 0 saturated heterocycles. The Labute approximate surface area is 126 Å².